The predicted molar refractivity (Wildman–Crippen MR) is 131 cm³/mol. The molecule has 1 N–H and O–H groups in total. The Morgan fingerprint density at radius 3 is 2.56 bits per heavy atom. The van der Waals surface area contributed by atoms with E-state index >= 15 is 0 Å². The Morgan fingerprint density at radius 1 is 1.18 bits per heavy atom. The van der Waals surface area contributed by atoms with Crippen molar-refractivity contribution in [3.05, 3.63) is 65.0 Å². The lowest BCUT2D eigenvalue weighted by molar-refractivity contribution is -0.127. The third kappa shape index (κ3) is 5.65. The third-order valence-electron chi connectivity index (χ3n) is 6.66. The van der Waals surface area contributed by atoms with Gasteiger partial charge >= 0.3 is 0 Å². The molecule has 0 spiro atoms. The van der Waals surface area contributed by atoms with Gasteiger partial charge in [0.05, 0.1) is 19.7 Å². The molecule has 1 atom stereocenters. The Hall–Kier alpha value is -3.19. The maximum atomic E-state index is 13.0. The molecule has 0 aliphatic carbocycles. The van der Waals surface area contributed by atoms with Gasteiger partial charge in [-0.3, -0.25) is 9.69 Å². The zero-order valence-electron chi connectivity index (χ0n) is 20.5. The predicted octanol–water partition coefficient (Wildman–Crippen LogP) is 4.84. The number of ether oxygens (including phenoxy) is 1. The van der Waals surface area contributed by atoms with Crippen LogP contribution in [0.25, 0.3) is 11.4 Å². The SMILES string of the molecule is CCC(NC(=O)C1CCN(Cc2nc(-c3ccc(OC)cc3)no2)CC1)c1ccc(C)cc1C. The average molecular weight is 463 g/mol. The summed E-state index contributed by atoms with van der Waals surface area (Å²) in [4.78, 5) is 19.8. The summed E-state index contributed by atoms with van der Waals surface area (Å²) < 4.78 is 10.7. The first-order chi connectivity index (χ1) is 16.5. The van der Waals surface area contributed by atoms with Gasteiger partial charge in [0.25, 0.3) is 0 Å². The quantitative estimate of drug-likeness (QED) is 0.516. The van der Waals surface area contributed by atoms with Crippen molar-refractivity contribution >= 4 is 5.91 Å². The van der Waals surface area contributed by atoms with Gasteiger partial charge in [0.15, 0.2) is 0 Å². The lowest BCUT2D eigenvalue weighted by Gasteiger charge is -2.31. The Bertz CT molecular complexity index is 1100. The molecule has 7 nitrogen and oxygen atoms in total. The molecular formula is C27H34N4O3. The second kappa shape index (κ2) is 10.8. The molecule has 1 saturated heterocycles. The number of aromatic nitrogens is 2. The molecule has 3 aromatic rings. The Kier molecular flexibility index (Phi) is 7.63. The van der Waals surface area contributed by atoms with Crippen LogP contribution in [0.3, 0.4) is 0 Å². The van der Waals surface area contributed by atoms with Crippen LogP contribution in [-0.4, -0.2) is 41.1 Å². The van der Waals surface area contributed by atoms with Gasteiger partial charge in [-0.25, -0.2) is 0 Å². The molecule has 1 aliphatic rings. The fraction of sp³-hybridized carbons (Fsp3) is 0.444. The van der Waals surface area contributed by atoms with Crippen LogP contribution in [0.1, 0.15) is 54.8 Å². The van der Waals surface area contributed by atoms with E-state index in [2.05, 4.69) is 59.3 Å². The summed E-state index contributed by atoms with van der Waals surface area (Å²) in [5.41, 5.74) is 4.58. The number of hydrogen-bond donors (Lipinski definition) is 1. The summed E-state index contributed by atoms with van der Waals surface area (Å²) in [6.07, 6.45) is 2.53. The Morgan fingerprint density at radius 2 is 1.91 bits per heavy atom. The van der Waals surface area contributed by atoms with Crippen molar-refractivity contribution in [1.29, 1.82) is 0 Å². The fourth-order valence-corrected chi connectivity index (χ4v) is 4.63. The highest BCUT2D eigenvalue weighted by Gasteiger charge is 2.27. The monoisotopic (exact) mass is 462 g/mol. The Balaban J connectivity index is 1.29. The molecule has 2 aromatic carbocycles. The number of aryl methyl sites for hydroxylation is 2. The highest BCUT2D eigenvalue weighted by atomic mass is 16.5. The number of hydrogen-bond acceptors (Lipinski definition) is 6. The van der Waals surface area contributed by atoms with Gasteiger partial charge in [-0.1, -0.05) is 35.8 Å². The Labute approximate surface area is 201 Å². The molecular weight excluding hydrogens is 428 g/mol. The summed E-state index contributed by atoms with van der Waals surface area (Å²) in [6, 6.07) is 14.1. The van der Waals surface area contributed by atoms with Gasteiger partial charge < -0.3 is 14.6 Å². The minimum absolute atomic E-state index is 0.0357. The first-order valence-electron chi connectivity index (χ1n) is 12.0. The van der Waals surface area contributed by atoms with Crippen LogP contribution in [0.2, 0.25) is 0 Å². The molecule has 0 saturated carbocycles. The molecule has 0 bridgehead atoms. The maximum absolute atomic E-state index is 13.0. The van der Waals surface area contributed by atoms with E-state index in [9.17, 15) is 4.79 Å². The van der Waals surface area contributed by atoms with Crippen LogP contribution < -0.4 is 10.1 Å². The molecule has 1 unspecified atom stereocenters. The molecule has 1 fully saturated rings. The number of carbonyl (C=O) groups is 1. The molecule has 0 radical (unpaired) electrons. The number of methoxy groups -OCH3 is 1. The molecule has 1 aliphatic heterocycles. The molecule has 180 valence electrons. The summed E-state index contributed by atoms with van der Waals surface area (Å²) in [7, 11) is 1.64. The second-order valence-corrected chi connectivity index (χ2v) is 9.12. The smallest absolute Gasteiger partial charge is 0.241 e. The second-order valence-electron chi connectivity index (χ2n) is 9.12. The van der Waals surface area contributed by atoms with Crippen LogP contribution in [0.4, 0.5) is 0 Å². The number of carbonyl (C=O) groups excluding carboxylic acids is 1. The van der Waals surface area contributed by atoms with Gasteiger partial charge in [0, 0.05) is 11.5 Å². The first-order valence-corrected chi connectivity index (χ1v) is 12.0. The number of nitrogens with zero attached hydrogens (tertiary/aromatic N) is 3. The standard InChI is InChI=1S/C27H34N4O3/c1-5-24(23-11-6-18(2)16-19(23)3)28-27(32)21-12-14-31(15-13-21)17-25-29-26(30-34-25)20-7-9-22(33-4)10-8-20/h6-11,16,21,24H,5,12-15,17H2,1-4H3,(H,28,32). The van der Waals surface area contributed by atoms with Crippen molar-refractivity contribution in [3.63, 3.8) is 0 Å². The summed E-state index contributed by atoms with van der Waals surface area (Å²) in [6.45, 7) is 8.60. The largest absolute Gasteiger partial charge is 0.497 e. The zero-order valence-corrected chi connectivity index (χ0v) is 20.5. The number of piperidine rings is 1. The van der Waals surface area contributed by atoms with Gasteiger partial charge in [0.1, 0.15) is 5.75 Å². The summed E-state index contributed by atoms with van der Waals surface area (Å²) in [5, 5.41) is 7.42. The fourth-order valence-electron chi connectivity index (χ4n) is 4.63. The molecule has 7 heteroatoms. The minimum Gasteiger partial charge on any atom is -0.497 e. The topological polar surface area (TPSA) is 80.5 Å². The minimum atomic E-state index is 0.0357. The van der Waals surface area contributed by atoms with Crippen molar-refractivity contribution in [2.24, 2.45) is 5.92 Å². The van der Waals surface area contributed by atoms with Crippen molar-refractivity contribution in [2.75, 3.05) is 20.2 Å². The normalized spacial score (nSPS) is 15.8. The van der Waals surface area contributed by atoms with Crippen molar-refractivity contribution < 1.29 is 14.1 Å². The van der Waals surface area contributed by atoms with E-state index in [0.29, 0.717) is 18.3 Å². The van der Waals surface area contributed by atoms with Crippen molar-refractivity contribution in [3.8, 4) is 17.1 Å². The van der Waals surface area contributed by atoms with E-state index in [1.54, 1.807) is 7.11 Å². The number of nitrogens with one attached hydrogen (secondary N) is 1. The van der Waals surface area contributed by atoms with E-state index in [1.165, 1.54) is 16.7 Å². The lowest BCUT2D eigenvalue weighted by atomic mass is 9.93. The number of likely N-dealkylation sites (tertiary alicyclic amines) is 1. The number of benzene rings is 2. The number of amides is 1. The first kappa shape index (κ1) is 24.0. The summed E-state index contributed by atoms with van der Waals surface area (Å²) >= 11 is 0. The van der Waals surface area contributed by atoms with Crippen LogP contribution >= 0.6 is 0 Å². The van der Waals surface area contributed by atoms with Crippen LogP contribution in [-0.2, 0) is 11.3 Å². The van der Waals surface area contributed by atoms with Crippen LogP contribution in [0.15, 0.2) is 47.0 Å². The molecule has 34 heavy (non-hydrogen) atoms. The van der Waals surface area contributed by atoms with Crippen LogP contribution in [0.5, 0.6) is 5.75 Å². The van der Waals surface area contributed by atoms with Crippen LogP contribution in [0, 0.1) is 19.8 Å². The van der Waals surface area contributed by atoms with Gasteiger partial charge in [-0.05, 0) is 81.6 Å². The average Bonchev–Trinajstić information content (AvgIpc) is 3.31. The van der Waals surface area contributed by atoms with Gasteiger partial charge in [0.2, 0.25) is 17.6 Å². The molecule has 4 rings (SSSR count). The maximum Gasteiger partial charge on any atom is 0.241 e. The highest BCUT2D eigenvalue weighted by molar-refractivity contribution is 5.79. The van der Waals surface area contributed by atoms with Gasteiger partial charge in [-0.2, -0.15) is 4.98 Å². The van der Waals surface area contributed by atoms with Crippen molar-refractivity contribution in [1.82, 2.24) is 20.4 Å². The molecule has 1 amide bonds. The van der Waals surface area contributed by atoms with E-state index in [4.69, 9.17) is 9.26 Å². The third-order valence-corrected chi connectivity index (χ3v) is 6.66. The van der Waals surface area contributed by atoms with E-state index in [0.717, 1.165) is 43.7 Å². The van der Waals surface area contributed by atoms with Gasteiger partial charge in [-0.15, -0.1) is 0 Å². The molecule has 2 heterocycles. The zero-order chi connectivity index (χ0) is 24.1. The van der Waals surface area contributed by atoms with E-state index in [1.807, 2.05) is 24.3 Å². The van der Waals surface area contributed by atoms with Crippen molar-refractivity contribution in [2.45, 2.75) is 52.6 Å². The molecule has 1 aromatic heterocycles. The van der Waals surface area contributed by atoms with E-state index in [-0.39, 0.29) is 17.9 Å². The lowest BCUT2D eigenvalue weighted by Crippen LogP contribution is -2.41. The highest BCUT2D eigenvalue weighted by Crippen LogP contribution is 2.25. The summed E-state index contributed by atoms with van der Waals surface area (Å²) in [5.74, 6) is 2.15. The van der Waals surface area contributed by atoms with E-state index < -0.39 is 0 Å². The number of rotatable bonds is 8.